The van der Waals surface area contributed by atoms with Crippen LogP contribution < -0.4 is 5.32 Å². The minimum Gasteiger partial charge on any atom is -0.453 e. The van der Waals surface area contributed by atoms with Gasteiger partial charge in [-0.1, -0.05) is 49.4 Å². The molecule has 3 aromatic heterocycles. The van der Waals surface area contributed by atoms with Gasteiger partial charge in [0.2, 0.25) is 5.91 Å². The van der Waals surface area contributed by atoms with Crippen LogP contribution in [-0.2, 0) is 20.7 Å². The number of amides is 2. The van der Waals surface area contributed by atoms with E-state index in [-0.39, 0.29) is 23.7 Å². The van der Waals surface area contributed by atoms with E-state index in [0.717, 1.165) is 51.0 Å². The number of Topliss-reactive ketones (excluding diaryl/α,β-unsaturated/α-hetero) is 1. The van der Waals surface area contributed by atoms with Crippen molar-refractivity contribution >= 4 is 34.1 Å². The number of methoxy groups -OCH3 is 1. The Bertz CT molecular complexity index is 1470. The topological polar surface area (TPSA) is 122 Å². The molecule has 2 N–H and O–H groups in total. The number of hydrogen-bond donors (Lipinski definition) is 2. The monoisotopic (exact) mass is 548 g/mol. The number of hydrogen-bond acceptors (Lipinski definition) is 7. The van der Waals surface area contributed by atoms with E-state index in [1.807, 2.05) is 42.8 Å². The Kier molecular flexibility index (Phi) is 7.51. The first kappa shape index (κ1) is 26.6. The molecule has 0 bridgehead atoms. The van der Waals surface area contributed by atoms with Gasteiger partial charge < -0.3 is 19.9 Å². The molecule has 10 nitrogen and oxygen atoms in total. The molecule has 1 fully saturated rings. The number of nitrogens with one attached hydrogen (secondary N) is 2. The van der Waals surface area contributed by atoms with Crippen molar-refractivity contribution in [3.8, 4) is 21.7 Å². The number of benzene rings is 1. The molecule has 204 valence electrons. The van der Waals surface area contributed by atoms with Crippen LogP contribution in [0.25, 0.3) is 26.7 Å². The summed E-state index contributed by atoms with van der Waals surface area (Å²) in [7, 11) is 1.29. The molecular formula is C28H32N6O4S. The van der Waals surface area contributed by atoms with Gasteiger partial charge in [-0.15, -0.1) is 0 Å². The summed E-state index contributed by atoms with van der Waals surface area (Å²) in [6.07, 6.45) is 7.14. The van der Waals surface area contributed by atoms with Gasteiger partial charge in [-0.05, 0) is 36.8 Å². The summed E-state index contributed by atoms with van der Waals surface area (Å²) in [6.45, 7) is 5.98. The second kappa shape index (κ2) is 11.0. The Morgan fingerprint density at radius 3 is 2.59 bits per heavy atom. The highest BCUT2D eigenvalue weighted by Crippen LogP contribution is 2.34. The van der Waals surface area contributed by atoms with Gasteiger partial charge in [0.25, 0.3) is 0 Å². The highest BCUT2D eigenvalue weighted by atomic mass is 32.1. The zero-order valence-electron chi connectivity index (χ0n) is 22.4. The van der Waals surface area contributed by atoms with E-state index in [4.69, 9.17) is 4.74 Å². The van der Waals surface area contributed by atoms with Crippen LogP contribution in [0.3, 0.4) is 0 Å². The fourth-order valence-electron chi connectivity index (χ4n) is 4.98. The molecule has 39 heavy (non-hydrogen) atoms. The zero-order chi connectivity index (χ0) is 27.7. The Morgan fingerprint density at radius 1 is 1.18 bits per heavy atom. The minimum atomic E-state index is -0.666. The highest BCUT2D eigenvalue weighted by Gasteiger charge is 2.37. The summed E-state index contributed by atoms with van der Waals surface area (Å²) in [5.41, 5.74) is 3.73. The van der Waals surface area contributed by atoms with Crippen molar-refractivity contribution in [1.29, 1.82) is 0 Å². The Balaban J connectivity index is 1.30. The number of aromatic nitrogens is 4. The standard InChI is InChI=1S/C28H32N6O4S/c1-16(2)24(32-28(37)38-4)26(36)34-11-5-6-22(34)25-29-13-21(31-25)18-7-9-19(10-8-18)23-15-33-14-20(12-17(3)35)30-27(33)39-23/h7-10,13-16,22,24H,5-6,11-12H2,1-4H3,(H,29,31)(H,32,37)/t22-,24-/m0/s1. The molecule has 1 saturated heterocycles. The third kappa shape index (κ3) is 5.58. The number of ketones is 1. The summed E-state index contributed by atoms with van der Waals surface area (Å²) in [6, 6.07) is 7.37. The van der Waals surface area contributed by atoms with E-state index in [2.05, 4.69) is 32.4 Å². The molecule has 0 radical (unpaired) electrons. The van der Waals surface area contributed by atoms with E-state index < -0.39 is 12.1 Å². The van der Waals surface area contributed by atoms with Crippen LogP contribution in [0.2, 0.25) is 0 Å². The predicted molar refractivity (Wildman–Crippen MR) is 148 cm³/mol. The number of ether oxygens (including phenoxy) is 1. The van der Waals surface area contributed by atoms with E-state index in [0.29, 0.717) is 13.0 Å². The molecule has 5 rings (SSSR count). The molecule has 2 atom stereocenters. The summed E-state index contributed by atoms with van der Waals surface area (Å²) in [5.74, 6) is 0.622. The number of fused-ring (bicyclic) bond motifs is 1. The van der Waals surface area contributed by atoms with Crippen molar-refractivity contribution in [3.63, 3.8) is 0 Å². The largest absolute Gasteiger partial charge is 0.453 e. The molecule has 4 aromatic rings. The molecule has 0 unspecified atom stereocenters. The lowest BCUT2D eigenvalue weighted by Crippen LogP contribution is -2.51. The van der Waals surface area contributed by atoms with Crippen molar-refractivity contribution in [2.45, 2.75) is 52.1 Å². The zero-order valence-corrected chi connectivity index (χ0v) is 23.2. The molecular weight excluding hydrogens is 516 g/mol. The SMILES string of the molecule is COC(=O)N[C@H](C(=O)N1CCC[C@H]1c1ncc(-c2ccc(-c3cn4cc(CC(C)=O)nc4s3)cc2)[nH]1)C(C)C. The van der Waals surface area contributed by atoms with Gasteiger partial charge in [-0.2, -0.15) is 0 Å². The fourth-order valence-corrected chi connectivity index (χ4v) is 5.97. The maximum Gasteiger partial charge on any atom is 0.407 e. The van der Waals surface area contributed by atoms with Crippen LogP contribution in [0.4, 0.5) is 4.79 Å². The van der Waals surface area contributed by atoms with Crippen LogP contribution in [0.5, 0.6) is 0 Å². The van der Waals surface area contributed by atoms with Crippen molar-refractivity contribution in [2.24, 2.45) is 5.92 Å². The number of imidazole rings is 2. The van der Waals surface area contributed by atoms with Crippen LogP contribution in [0.15, 0.2) is 42.9 Å². The third-order valence-electron chi connectivity index (χ3n) is 6.95. The average Bonchev–Trinajstić information content (AvgIpc) is 3.69. The molecule has 11 heteroatoms. The van der Waals surface area contributed by atoms with Crippen LogP contribution in [0.1, 0.15) is 51.2 Å². The number of aromatic amines is 1. The van der Waals surface area contributed by atoms with Crippen molar-refractivity contribution in [2.75, 3.05) is 13.7 Å². The quantitative estimate of drug-likeness (QED) is 0.331. The first-order valence-electron chi connectivity index (χ1n) is 13.0. The lowest BCUT2D eigenvalue weighted by Gasteiger charge is -2.30. The predicted octanol–water partition coefficient (Wildman–Crippen LogP) is 4.63. The first-order valence-corrected chi connectivity index (χ1v) is 13.8. The Labute approximate surface area is 230 Å². The second-order valence-corrected chi connectivity index (χ2v) is 11.2. The molecule has 1 aliphatic heterocycles. The van der Waals surface area contributed by atoms with Gasteiger partial charge in [0, 0.05) is 25.4 Å². The summed E-state index contributed by atoms with van der Waals surface area (Å²) < 4.78 is 6.68. The summed E-state index contributed by atoms with van der Waals surface area (Å²) in [5, 5.41) is 2.68. The van der Waals surface area contributed by atoms with Gasteiger partial charge in [0.05, 0.1) is 35.6 Å². The number of likely N-dealkylation sites (tertiary alicyclic amines) is 1. The average molecular weight is 549 g/mol. The smallest absolute Gasteiger partial charge is 0.407 e. The van der Waals surface area contributed by atoms with Crippen molar-refractivity contribution in [1.82, 2.24) is 29.6 Å². The molecule has 1 aromatic carbocycles. The lowest BCUT2D eigenvalue weighted by molar-refractivity contribution is -0.135. The summed E-state index contributed by atoms with van der Waals surface area (Å²) >= 11 is 1.58. The van der Waals surface area contributed by atoms with Gasteiger partial charge in [0.15, 0.2) is 4.96 Å². The Hall–Kier alpha value is -3.99. The molecule has 0 saturated carbocycles. The van der Waals surface area contributed by atoms with Gasteiger partial charge in [-0.3, -0.25) is 14.0 Å². The minimum absolute atomic E-state index is 0.0845. The molecule has 0 aliphatic carbocycles. The molecule has 1 aliphatic rings. The van der Waals surface area contributed by atoms with Crippen LogP contribution in [0, 0.1) is 5.92 Å². The number of alkyl carbamates (subject to hydrolysis) is 1. The molecule has 0 spiro atoms. The van der Waals surface area contributed by atoms with E-state index in [1.54, 1.807) is 29.4 Å². The van der Waals surface area contributed by atoms with Crippen molar-refractivity contribution in [3.05, 3.63) is 54.4 Å². The highest BCUT2D eigenvalue weighted by molar-refractivity contribution is 7.20. The number of thiazole rings is 1. The second-order valence-electron chi connectivity index (χ2n) is 10.2. The maximum atomic E-state index is 13.4. The van der Waals surface area contributed by atoms with Gasteiger partial charge in [0.1, 0.15) is 17.6 Å². The van der Waals surface area contributed by atoms with Gasteiger partial charge in [-0.25, -0.2) is 14.8 Å². The van der Waals surface area contributed by atoms with Crippen molar-refractivity contribution < 1.29 is 19.1 Å². The Morgan fingerprint density at radius 2 is 1.92 bits per heavy atom. The number of rotatable bonds is 8. The number of carbonyl (C=O) groups excluding carboxylic acids is 3. The summed E-state index contributed by atoms with van der Waals surface area (Å²) in [4.78, 5) is 52.9. The van der Waals surface area contributed by atoms with Gasteiger partial charge >= 0.3 is 6.09 Å². The third-order valence-corrected chi connectivity index (χ3v) is 8.00. The molecule has 2 amide bonds. The molecule has 4 heterocycles. The number of H-pyrrole nitrogens is 1. The van der Waals surface area contributed by atoms with Crippen LogP contribution >= 0.6 is 11.3 Å². The normalized spacial score (nSPS) is 16.1. The van der Waals surface area contributed by atoms with E-state index in [1.165, 1.54) is 7.11 Å². The maximum absolute atomic E-state index is 13.4. The number of carbonyl (C=O) groups is 3. The van der Waals surface area contributed by atoms with Crippen LogP contribution in [-0.4, -0.2) is 61.7 Å². The fraction of sp³-hybridized carbons (Fsp3) is 0.393. The van der Waals surface area contributed by atoms with E-state index >= 15 is 0 Å². The lowest BCUT2D eigenvalue weighted by atomic mass is 10.0. The van der Waals surface area contributed by atoms with E-state index in [9.17, 15) is 14.4 Å². The number of nitrogens with zero attached hydrogens (tertiary/aromatic N) is 4. The first-order chi connectivity index (χ1) is 18.7.